The van der Waals surface area contributed by atoms with Crippen molar-refractivity contribution in [3.63, 3.8) is 0 Å². The number of amides is 1. The molecule has 7 nitrogen and oxygen atoms in total. The molecule has 0 radical (unpaired) electrons. The number of nitrogens with zero attached hydrogens (tertiary/aromatic N) is 3. The van der Waals surface area contributed by atoms with E-state index in [2.05, 4.69) is 52.4 Å². The molecule has 2 heterocycles. The molecule has 134 valence electrons. The number of rotatable bonds is 7. The number of hydrogen-bond donors (Lipinski definition) is 1. The minimum Gasteiger partial charge on any atom is -0.484 e. The first-order valence-electron chi connectivity index (χ1n) is 7.34. The second kappa shape index (κ2) is 9.15. The molecule has 1 N–H and O–H groups in total. The third-order valence-electron chi connectivity index (χ3n) is 2.95. The number of thioether (sulfide) groups is 1. The smallest absolute Gasteiger partial charge is 0.277 e. The van der Waals surface area contributed by atoms with E-state index in [-0.39, 0.29) is 18.3 Å². The zero-order valence-electron chi connectivity index (χ0n) is 13.2. The maximum absolute atomic E-state index is 12.0. The van der Waals surface area contributed by atoms with Gasteiger partial charge in [0.15, 0.2) is 6.61 Å². The third-order valence-corrected chi connectivity index (χ3v) is 4.80. The monoisotopic (exact) mass is 498 g/mol. The van der Waals surface area contributed by atoms with Gasteiger partial charge in [0.2, 0.25) is 5.91 Å². The summed E-state index contributed by atoms with van der Waals surface area (Å²) in [5.74, 6) is 1.39. The van der Waals surface area contributed by atoms with Gasteiger partial charge in [0.05, 0.1) is 10.2 Å². The number of hydrogen-bond acceptors (Lipinski definition) is 7. The first kappa shape index (κ1) is 18.9. The zero-order chi connectivity index (χ0) is 18.4. The molecular weight excluding hydrogens is 488 g/mol. The summed E-state index contributed by atoms with van der Waals surface area (Å²) in [4.78, 5) is 16.1. The van der Waals surface area contributed by atoms with Gasteiger partial charge in [-0.2, -0.15) is 0 Å². The molecule has 0 spiro atoms. The molecule has 0 unspecified atom stereocenters. The number of pyridine rings is 1. The molecule has 1 amide bonds. The quantitative estimate of drug-likeness (QED) is 0.484. The third kappa shape index (κ3) is 5.55. The molecule has 0 aliphatic rings. The Bertz CT molecular complexity index is 892. The number of anilines is 1. The summed E-state index contributed by atoms with van der Waals surface area (Å²) in [6.45, 7) is 0.166. The lowest BCUT2D eigenvalue weighted by molar-refractivity contribution is -0.113. The SMILES string of the molecule is O=C(CSc1nnc(COc2ccccc2)o1)Nc1ncc(Br)cc1Br. The van der Waals surface area contributed by atoms with Crippen molar-refractivity contribution in [2.45, 2.75) is 11.8 Å². The van der Waals surface area contributed by atoms with E-state index in [4.69, 9.17) is 9.15 Å². The van der Waals surface area contributed by atoms with Gasteiger partial charge < -0.3 is 14.5 Å². The molecule has 2 aromatic heterocycles. The second-order valence-corrected chi connectivity index (χ2v) is 7.58. The van der Waals surface area contributed by atoms with Crippen LogP contribution in [-0.2, 0) is 11.4 Å². The van der Waals surface area contributed by atoms with E-state index in [1.165, 1.54) is 0 Å². The Morgan fingerprint density at radius 2 is 2.04 bits per heavy atom. The molecule has 3 aromatic rings. The fourth-order valence-corrected chi connectivity index (χ4v) is 3.49. The predicted octanol–water partition coefficient (Wildman–Crippen LogP) is 4.30. The Morgan fingerprint density at radius 3 is 2.81 bits per heavy atom. The Kier molecular flexibility index (Phi) is 6.64. The number of halogens is 2. The zero-order valence-corrected chi connectivity index (χ0v) is 17.2. The van der Waals surface area contributed by atoms with Crippen LogP contribution in [0.15, 0.2) is 61.2 Å². The number of carbonyl (C=O) groups excluding carboxylic acids is 1. The predicted molar refractivity (Wildman–Crippen MR) is 104 cm³/mol. The lowest BCUT2D eigenvalue weighted by Gasteiger charge is -2.05. The van der Waals surface area contributed by atoms with Crippen LogP contribution in [0.2, 0.25) is 0 Å². The summed E-state index contributed by atoms with van der Waals surface area (Å²) in [5, 5.41) is 10.8. The van der Waals surface area contributed by atoms with Crippen LogP contribution in [0.1, 0.15) is 5.89 Å². The van der Waals surface area contributed by atoms with Gasteiger partial charge in [-0.15, -0.1) is 10.2 Å². The summed E-state index contributed by atoms with van der Waals surface area (Å²) in [6, 6.07) is 11.1. The molecule has 0 saturated heterocycles. The average molecular weight is 500 g/mol. The Morgan fingerprint density at radius 1 is 1.23 bits per heavy atom. The van der Waals surface area contributed by atoms with E-state index >= 15 is 0 Å². The van der Waals surface area contributed by atoms with E-state index < -0.39 is 0 Å². The standard InChI is InChI=1S/C16H12Br2N4O3S/c17-10-6-12(18)15(19-7-10)20-13(23)9-26-16-22-21-14(25-16)8-24-11-4-2-1-3-5-11/h1-7H,8-9H2,(H,19,20,23). The number of aromatic nitrogens is 3. The molecule has 0 aliphatic carbocycles. The van der Waals surface area contributed by atoms with Gasteiger partial charge >= 0.3 is 0 Å². The van der Waals surface area contributed by atoms with Gasteiger partial charge in [-0.1, -0.05) is 30.0 Å². The number of nitrogens with one attached hydrogen (secondary N) is 1. The molecule has 10 heteroatoms. The van der Waals surface area contributed by atoms with E-state index in [1.807, 2.05) is 30.3 Å². The Balaban J connectivity index is 1.47. The fourth-order valence-electron chi connectivity index (χ4n) is 1.82. The van der Waals surface area contributed by atoms with Crippen molar-refractivity contribution in [1.82, 2.24) is 15.2 Å². The van der Waals surface area contributed by atoms with Crippen molar-refractivity contribution in [2.24, 2.45) is 0 Å². The molecule has 1 aromatic carbocycles. The lowest BCUT2D eigenvalue weighted by atomic mass is 10.3. The van der Waals surface area contributed by atoms with Gasteiger partial charge in [0, 0.05) is 10.7 Å². The maximum atomic E-state index is 12.0. The second-order valence-electron chi connectivity index (χ2n) is 4.88. The first-order valence-corrected chi connectivity index (χ1v) is 9.91. The topological polar surface area (TPSA) is 90.1 Å². The van der Waals surface area contributed by atoms with Crippen LogP contribution in [0.25, 0.3) is 0 Å². The number of benzene rings is 1. The summed E-state index contributed by atoms with van der Waals surface area (Å²) in [7, 11) is 0. The van der Waals surface area contributed by atoms with Crippen LogP contribution in [-0.4, -0.2) is 26.8 Å². The van der Waals surface area contributed by atoms with E-state index in [0.29, 0.717) is 27.2 Å². The number of carbonyl (C=O) groups is 1. The molecule has 26 heavy (non-hydrogen) atoms. The highest BCUT2D eigenvalue weighted by molar-refractivity contribution is 9.11. The van der Waals surface area contributed by atoms with E-state index in [0.717, 1.165) is 16.2 Å². The van der Waals surface area contributed by atoms with Crippen molar-refractivity contribution in [2.75, 3.05) is 11.1 Å². The average Bonchev–Trinajstić information content (AvgIpc) is 3.09. The number of ether oxygens (including phenoxy) is 1. The van der Waals surface area contributed by atoms with Crippen molar-refractivity contribution in [1.29, 1.82) is 0 Å². The van der Waals surface area contributed by atoms with Crippen LogP contribution in [0.5, 0.6) is 5.75 Å². The van der Waals surface area contributed by atoms with Crippen LogP contribution in [0.3, 0.4) is 0 Å². The normalized spacial score (nSPS) is 10.5. The van der Waals surface area contributed by atoms with E-state index in [1.54, 1.807) is 12.3 Å². The summed E-state index contributed by atoms with van der Waals surface area (Å²) in [5.41, 5.74) is 0. The first-order chi connectivity index (χ1) is 12.6. The van der Waals surface area contributed by atoms with Gasteiger partial charge in [-0.05, 0) is 50.1 Å². The highest BCUT2D eigenvalue weighted by Crippen LogP contribution is 2.24. The minimum atomic E-state index is -0.231. The fraction of sp³-hybridized carbons (Fsp3) is 0.125. The van der Waals surface area contributed by atoms with Crippen molar-refractivity contribution >= 4 is 55.3 Å². The van der Waals surface area contributed by atoms with Gasteiger partial charge in [0.25, 0.3) is 11.1 Å². The molecular formula is C16H12Br2N4O3S. The molecule has 0 atom stereocenters. The van der Waals surface area contributed by atoms with Crippen LogP contribution in [0.4, 0.5) is 5.82 Å². The highest BCUT2D eigenvalue weighted by atomic mass is 79.9. The van der Waals surface area contributed by atoms with E-state index in [9.17, 15) is 4.79 Å². The largest absolute Gasteiger partial charge is 0.484 e. The Labute approximate surface area is 170 Å². The van der Waals surface area contributed by atoms with Crippen molar-refractivity contribution in [3.8, 4) is 5.75 Å². The highest BCUT2D eigenvalue weighted by Gasteiger charge is 2.12. The summed E-state index contributed by atoms with van der Waals surface area (Å²) < 4.78 is 12.5. The van der Waals surface area contributed by atoms with Gasteiger partial charge in [0.1, 0.15) is 11.6 Å². The molecule has 0 aliphatic heterocycles. The summed E-state index contributed by atoms with van der Waals surface area (Å²) in [6.07, 6.45) is 1.60. The van der Waals surface area contributed by atoms with Crippen molar-refractivity contribution < 1.29 is 13.9 Å². The molecule has 3 rings (SSSR count). The summed E-state index contributed by atoms with van der Waals surface area (Å²) >= 11 is 7.79. The van der Waals surface area contributed by atoms with Gasteiger partial charge in [-0.25, -0.2) is 4.98 Å². The Hall–Kier alpha value is -1.91. The molecule has 0 bridgehead atoms. The molecule has 0 fully saturated rings. The van der Waals surface area contributed by atoms with Crippen LogP contribution in [0, 0.1) is 0 Å². The number of para-hydroxylation sites is 1. The lowest BCUT2D eigenvalue weighted by Crippen LogP contribution is -2.15. The van der Waals surface area contributed by atoms with Crippen LogP contribution >= 0.6 is 43.6 Å². The van der Waals surface area contributed by atoms with Gasteiger partial charge in [-0.3, -0.25) is 4.79 Å². The maximum Gasteiger partial charge on any atom is 0.277 e. The van der Waals surface area contributed by atoms with Crippen LogP contribution < -0.4 is 10.1 Å². The minimum absolute atomic E-state index is 0.116. The van der Waals surface area contributed by atoms with Crippen molar-refractivity contribution in [3.05, 3.63) is 57.4 Å². The molecule has 0 saturated carbocycles.